The summed E-state index contributed by atoms with van der Waals surface area (Å²) in [5.41, 5.74) is 8.37. The average molecular weight is 467 g/mol. The molecule has 35 heavy (non-hydrogen) atoms. The van der Waals surface area contributed by atoms with Crippen molar-refractivity contribution in [1.29, 1.82) is 0 Å². The fourth-order valence-electron chi connectivity index (χ4n) is 5.12. The number of nitrogens with one attached hydrogen (secondary N) is 1. The molecule has 1 saturated carbocycles. The molecule has 1 aliphatic heterocycles. The highest BCUT2D eigenvalue weighted by atomic mass is 16.2. The summed E-state index contributed by atoms with van der Waals surface area (Å²) in [6.45, 7) is 0.298. The molecule has 3 aromatic rings. The second-order valence-electron chi connectivity index (χ2n) is 9.32. The Bertz CT molecular complexity index is 1180. The zero-order valence-electron chi connectivity index (χ0n) is 19.7. The third kappa shape index (κ3) is 4.44. The minimum Gasteiger partial charge on any atom is -0.369 e. The lowest BCUT2D eigenvalue weighted by molar-refractivity contribution is -0.130. The number of carbonyl (C=O) groups excluding carboxylic acids is 2. The fraction of sp³-hybridized carbons (Fsp3) is 0.276. The molecule has 0 saturated heterocycles. The number of nitrogens with two attached hydrogens (primary N) is 1. The van der Waals surface area contributed by atoms with Crippen LogP contribution in [0, 0.1) is 5.92 Å². The van der Waals surface area contributed by atoms with Crippen molar-refractivity contribution in [3.05, 3.63) is 102 Å². The summed E-state index contributed by atoms with van der Waals surface area (Å²) in [6.07, 6.45) is 5.39. The quantitative estimate of drug-likeness (QED) is 0.547. The highest BCUT2D eigenvalue weighted by molar-refractivity contribution is 6.09. The molecule has 0 spiro atoms. The van der Waals surface area contributed by atoms with Crippen molar-refractivity contribution in [2.75, 3.05) is 5.32 Å². The van der Waals surface area contributed by atoms with E-state index in [2.05, 4.69) is 5.32 Å². The van der Waals surface area contributed by atoms with Crippen LogP contribution in [-0.2, 0) is 21.7 Å². The predicted molar refractivity (Wildman–Crippen MR) is 137 cm³/mol. The molecule has 0 aromatic heterocycles. The van der Waals surface area contributed by atoms with Crippen LogP contribution in [0.3, 0.4) is 0 Å². The lowest BCUT2D eigenvalue weighted by Gasteiger charge is -2.27. The number of aliphatic imine (C=N–C) groups is 1. The molecule has 178 valence electrons. The normalized spacial score (nSPS) is 17.8. The number of hydrogen-bond donors (Lipinski definition) is 2. The monoisotopic (exact) mass is 466 g/mol. The van der Waals surface area contributed by atoms with Crippen molar-refractivity contribution >= 4 is 23.5 Å². The van der Waals surface area contributed by atoms with E-state index in [-0.39, 0.29) is 23.7 Å². The van der Waals surface area contributed by atoms with Crippen LogP contribution in [0.2, 0.25) is 0 Å². The topological polar surface area (TPSA) is 87.8 Å². The molecule has 3 N–H and O–H groups in total. The summed E-state index contributed by atoms with van der Waals surface area (Å²) in [5, 5.41) is 3.04. The van der Waals surface area contributed by atoms with E-state index in [9.17, 15) is 9.59 Å². The molecular formula is C29H30N4O2. The van der Waals surface area contributed by atoms with E-state index in [4.69, 9.17) is 10.7 Å². The molecule has 0 radical (unpaired) electrons. The second kappa shape index (κ2) is 9.74. The third-order valence-corrected chi connectivity index (χ3v) is 7.03. The zero-order valence-corrected chi connectivity index (χ0v) is 19.7. The van der Waals surface area contributed by atoms with Gasteiger partial charge in [0.05, 0.1) is 6.54 Å². The van der Waals surface area contributed by atoms with E-state index in [1.165, 1.54) is 11.3 Å². The molecule has 1 fully saturated rings. The second-order valence-corrected chi connectivity index (χ2v) is 9.32. The van der Waals surface area contributed by atoms with Gasteiger partial charge >= 0.3 is 0 Å². The van der Waals surface area contributed by atoms with Crippen LogP contribution in [0.25, 0.3) is 0 Å². The van der Waals surface area contributed by atoms with Crippen LogP contribution >= 0.6 is 0 Å². The maximum absolute atomic E-state index is 13.9. The molecule has 2 amide bonds. The summed E-state index contributed by atoms with van der Waals surface area (Å²) in [7, 11) is 0. The van der Waals surface area contributed by atoms with Crippen molar-refractivity contribution in [3.8, 4) is 0 Å². The van der Waals surface area contributed by atoms with Crippen molar-refractivity contribution in [2.45, 2.75) is 44.2 Å². The van der Waals surface area contributed by atoms with E-state index in [0.717, 1.165) is 48.1 Å². The van der Waals surface area contributed by atoms with Gasteiger partial charge in [0.15, 0.2) is 11.5 Å². The maximum atomic E-state index is 13.9. The Kier molecular flexibility index (Phi) is 6.36. The largest absolute Gasteiger partial charge is 0.369 e. The van der Waals surface area contributed by atoms with Crippen LogP contribution in [0.5, 0.6) is 0 Å². The highest BCUT2D eigenvalue weighted by Gasteiger charge is 2.50. The van der Waals surface area contributed by atoms with Crippen LogP contribution < -0.4 is 11.1 Å². The Morgan fingerprint density at radius 1 is 0.886 bits per heavy atom. The van der Waals surface area contributed by atoms with Crippen LogP contribution in [0.4, 0.5) is 5.69 Å². The Hall–Kier alpha value is -3.93. The van der Waals surface area contributed by atoms with Gasteiger partial charge < -0.3 is 11.1 Å². The first-order chi connectivity index (χ1) is 17.1. The van der Waals surface area contributed by atoms with E-state index in [1.54, 1.807) is 0 Å². The predicted octanol–water partition coefficient (Wildman–Crippen LogP) is 4.81. The van der Waals surface area contributed by atoms with Gasteiger partial charge in [-0.25, -0.2) is 4.99 Å². The highest BCUT2D eigenvalue weighted by Crippen LogP contribution is 2.40. The van der Waals surface area contributed by atoms with Gasteiger partial charge in [-0.3, -0.25) is 14.5 Å². The zero-order chi connectivity index (χ0) is 24.3. The summed E-state index contributed by atoms with van der Waals surface area (Å²) in [6, 6.07) is 26.7. The van der Waals surface area contributed by atoms with Gasteiger partial charge in [0, 0.05) is 11.6 Å². The Balaban J connectivity index is 1.35. The Labute approximate surface area is 205 Å². The number of benzene rings is 3. The number of guanidine groups is 1. The first-order valence-electron chi connectivity index (χ1n) is 12.3. The molecule has 2 aliphatic rings. The van der Waals surface area contributed by atoms with Gasteiger partial charge in [-0.2, -0.15) is 0 Å². The molecular weight excluding hydrogens is 436 g/mol. The minimum absolute atomic E-state index is 0.0963. The van der Waals surface area contributed by atoms with Crippen molar-refractivity contribution in [3.63, 3.8) is 0 Å². The Morgan fingerprint density at radius 3 is 2.03 bits per heavy atom. The molecule has 5 rings (SSSR count). The van der Waals surface area contributed by atoms with E-state index in [1.807, 2.05) is 84.9 Å². The van der Waals surface area contributed by atoms with Gasteiger partial charge in [-0.1, -0.05) is 92.1 Å². The SMILES string of the molecule is NC1=NC(c2ccccc2)(c2ccccc2)C(=O)N1Cc1ccc(NC(=O)C2CCCCC2)cc1. The summed E-state index contributed by atoms with van der Waals surface area (Å²) in [4.78, 5) is 32.7. The van der Waals surface area contributed by atoms with Crippen molar-refractivity contribution in [1.82, 2.24) is 4.90 Å². The Morgan fingerprint density at radius 2 is 1.46 bits per heavy atom. The van der Waals surface area contributed by atoms with Crippen molar-refractivity contribution in [2.24, 2.45) is 16.6 Å². The molecule has 0 atom stereocenters. The maximum Gasteiger partial charge on any atom is 0.266 e. The van der Waals surface area contributed by atoms with E-state index < -0.39 is 5.54 Å². The van der Waals surface area contributed by atoms with Gasteiger partial charge in [-0.15, -0.1) is 0 Å². The molecule has 1 heterocycles. The van der Waals surface area contributed by atoms with Crippen LogP contribution in [0.15, 0.2) is 89.9 Å². The molecule has 0 unspecified atom stereocenters. The van der Waals surface area contributed by atoms with Gasteiger partial charge in [0.1, 0.15) is 0 Å². The smallest absolute Gasteiger partial charge is 0.266 e. The van der Waals surface area contributed by atoms with Gasteiger partial charge in [-0.05, 0) is 41.7 Å². The summed E-state index contributed by atoms with van der Waals surface area (Å²) in [5.74, 6) is 0.212. The number of hydrogen-bond acceptors (Lipinski definition) is 4. The minimum atomic E-state index is -1.21. The number of amides is 2. The van der Waals surface area contributed by atoms with Gasteiger partial charge in [0.25, 0.3) is 5.91 Å². The molecule has 6 nitrogen and oxygen atoms in total. The molecule has 3 aromatic carbocycles. The van der Waals surface area contributed by atoms with E-state index >= 15 is 0 Å². The van der Waals surface area contributed by atoms with Gasteiger partial charge in [0.2, 0.25) is 5.91 Å². The third-order valence-electron chi connectivity index (χ3n) is 7.03. The molecule has 1 aliphatic carbocycles. The fourth-order valence-corrected chi connectivity index (χ4v) is 5.12. The van der Waals surface area contributed by atoms with Crippen LogP contribution in [-0.4, -0.2) is 22.7 Å². The first kappa shape index (κ1) is 22.8. The lowest BCUT2D eigenvalue weighted by atomic mass is 9.83. The van der Waals surface area contributed by atoms with E-state index in [0.29, 0.717) is 6.54 Å². The number of nitrogens with zero attached hydrogens (tertiary/aromatic N) is 2. The van der Waals surface area contributed by atoms with Crippen molar-refractivity contribution < 1.29 is 9.59 Å². The lowest BCUT2D eigenvalue weighted by Crippen LogP contribution is -2.43. The summed E-state index contributed by atoms with van der Waals surface area (Å²) < 4.78 is 0. The molecule has 6 heteroatoms. The van der Waals surface area contributed by atoms with Crippen LogP contribution in [0.1, 0.15) is 48.8 Å². The molecule has 0 bridgehead atoms. The first-order valence-corrected chi connectivity index (χ1v) is 12.3. The number of carbonyl (C=O) groups is 2. The number of anilines is 1. The average Bonchev–Trinajstić information content (AvgIpc) is 3.17. The standard InChI is InChI=1S/C29H30N4O2/c30-28-32-29(23-12-6-2-7-13-23,24-14-8-3-9-15-24)27(35)33(28)20-21-16-18-25(19-17-21)31-26(34)22-10-4-1-5-11-22/h2-3,6-9,12-19,22H,1,4-5,10-11,20H2,(H2,30,32)(H,31,34). The number of rotatable bonds is 6. The summed E-state index contributed by atoms with van der Waals surface area (Å²) >= 11 is 0.